The van der Waals surface area contributed by atoms with Gasteiger partial charge in [0, 0.05) is 39.1 Å². The fraction of sp³-hybridized carbons (Fsp3) is 0.353. The second-order valence-electron chi connectivity index (χ2n) is 5.11. The number of nitrogens with one attached hydrogen (secondary N) is 1. The van der Waals surface area contributed by atoms with E-state index in [1.807, 2.05) is 25.1 Å². The predicted molar refractivity (Wildman–Crippen MR) is 83.0 cm³/mol. The summed E-state index contributed by atoms with van der Waals surface area (Å²) in [6.45, 7) is 5.31. The van der Waals surface area contributed by atoms with Crippen molar-refractivity contribution in [1.82, 2.24) is 9.88 Å². The minimum atomic E-state index is 0.715. The number of methoxy groups -OCH3 is 1. The van der Waals surface area contributed by atoms with Crippen molar-refractivity contribution in [2.45, 2.75) is 20.0 Å². The summed E-state index contributed by atoms with van der Waals surface area (Å²) in [7, 11) is 1.71. The highest BCUT2D eigenvalue weighted by Gasteiger charge is 2.02. The molecule has 0 bridgehead atoms. The molecular formula is C17H21N3O. The zero-order chi connectivity index (χ0) is 15.1. The summed E-state index contributed by atoms with van der Waals surface area (Å²) in [4.78, 5) is 0. The zero-order valence-electron chi connectivity index (χ0n) is 12.6. The van der Waals surface area contributed by atoms with E-state index in [4.69, 9.17) is 10.00 Å². The van der Waals surface area contributed by atoms with Crippen LogP contribution in [0.5, 0.6) is 0 Å². The van der Waals surface area contributed by atoms with E-state index < -0.39 is 0 Å². The Hall–Kier alpha value is -2.09. The maximum Gasteiger partial charge on any atom is 0.0991 e. The highest BCUT2D eigenvalue weighted by molar-refractivity contribution is 5.37. The highest BCUT2D eigenvalue weighted by Crippen LogP contribution is 2.13. The van der Waals surface area contributed by atoms with Gasteiger partial charge in [0.15, 0.2) is 0 Å². The van der Waals surface area contributed by atoms with Crippen molar-refractivity contribution in [3.8, 4) is 6.07 Å². The Morgan fingerprint density at radius 1 is 1.33 bits per heavy atom. The summed E-state index contributed by atoms with van der Waals surface area (Å²) < 4.78 is 7.17. The molecule has 1 aromatic carbocycles. The normalized spacial score (nSPS) is 10.5. The first-order valence-corrected chi connectivity index (χ1v) is 7.07. The highest BCUT2D eigenvalue weighted by atomic mass is 16.5. The van der Waals surface area contributed by atoms with Crippen LogP contribution in [0.15, 0.2) is 36.7 Å². The maximum atomic E-state index is 8.90. The molecule has 1 heterocycles. The van der Waals surface area contributed by atoms with Crippen molar-refractivity contribution < 1.29 is 4.74 Å². The second-order valence-corrected chi connectivity index (χ2v) is 5.11. The molecule has 0 unspecified atom stereocenters. The van der Waals surface area contributed by atoms with E-state index >= 15 is 0 Å². The molecule has 0 radical (unpaired) electrons. The molecule has 0 saturated carbocycles. The fourth-order valence-corrected chi connectivity index (χ4v) is 2.24. The number of aromatic nitrogens is 1. The Morgan fingerprint density at radius 2 is 2.19 bits per heavy atom. The molecule has 1 N–H and O–H groups in total. The van der Waals surface area contributed by atoms with Gasteiger partial charge >= 0.3 is 0 Å². The van der Waals surface area contributed by atoms with Crippen LogP contribution in [0.2, 0.25) is 0 Å². The lowest BCUT2D eigenvalue weighted by molar-refractivity contribution is 0.199. The average Bonchev–Trinajstić information content (AvgIpc) is 2.93. The Kier molecular flexibility index (Phi) is 5.56. The van der Waals surface area contributed by atoms with Gasteiger partial charge in [0.05, 0.1) is 18.2 Å². The molecule has 4 heteroatoms. The lowest BCUT2D eigenvalue weighted by Crippen LogP contribution is -2.18. The minimum absolute atomic E-state index is 0.715. The lowest BCUT2D eigenvalue weighted by Gasteiger charge is -2.07. The summed E-state index contributed by atoms with van der Waals surface area (Å²) in [6, 6.07) is 10.1. The van der Waals surface area contributed by atoms with Gasteiger partial charge in [0.25, 0.3) is 0 Å². The van der Waals surface area contributed by atoms with Crippen molar-refractivity contribution in [3.05, 3.63) is 58.9 Å². The molecule has 0 spiro atoms. The van der Waals surface area contributed by atoms with Crippen LogP contribution in [0.25, 0.3) is 0 Å². The smallest absolute Gasteiger partial charge is 0.0991 e. The summed E-state index contributed by atoms with van der Waals surface area (Å²) in [6.07, 6.45) is 4.24. The molecule has 0 aliphatic rings. The first kappa shape index (κ1) is 15.3. The molecule has 0 amide bonds. The Labute approximate surface area is 126 Å². The van der Waals surface area contributed by atoms with Crippen LogP contribution in [0.4, 0.5) is 0 Å². The van der Waals surface area contributed by atoms with Gasteiger partial charge in [0.1, 0.15) is 0 Å². The minimum Gasteiger partial charge on any atom is -0.383 e. The van der Waals surface area contributed by atoms with E-state index in [9.17, 15) is 0 Å². The SMILES string of the molecule is COCCNCc1ccn(Cc2ccc(C#N)cc2C)c1. The number of ether oxygens (including phenoxy) is 1. The first-order valence-electron chi connectivity index (χ1n) is 7.07. The lowest BCUT2D eigenvalue weighted by atomic mass is 10.1. The second kappa shape index (κ2) is 7.63. The number of aryl methyl sites for hydroxylation is 1. The number of nitrogens with zero attached hydrogens (tertiary/aromatic N) is 2. The number of nitriles is 1. The Balaban J connectivity index is 1.95. The maximum absolute atomic E-state index is 8.90. The van der Waals surface area contributed by atoms with E-state index in [1.165, 1.54) is 11.1 Å². The van der Waals surface area contributed by atoms with Gasteiger partial charge in [-0.15, -0.1) is 0 Å². The Morgan fingerprint density at radius 3 is 2.90 bits per heavy atom. The van der Waals surface area contributed by atoms with Crippen LogP contribution < -0.4 is 5.32 Å². The third-order valence-corrected chi connectivity index (χ3v) is 3.45. The molecule has 0 aliphatic carbocycles. The van der Waals surface area contributed by atoms with Gasteiger partial charge in [-0.3, -0.25) is 0 Å². The molecular weight excluding hydrogens is 262 g/mol. The van der Waals surface area contributed by atoms with Gasteiger partial charge in [-0.1, -0.05) is 6.07 Å². The number of benzene rings is 1. The molecule has 0 saturated heterocycles. The topological polar surface area (TPSA) is 50.0 Å². The van der Waals surface area contributed by atoms with Gasteiger partial charge in [-0.05, 0) is 41.8 Å². The Bertz CT molecular complexity index is 625. The molecule has 2 aromatic rings. The molecule has 0 atom stereocenters. The van der Waals surface area contributed by atoms with Crippen LogP contribution in [0.1, 0.15) is 22.3 Å². The van der Waals surface area contributed by atoms with Gasteiger partial charge in [-0.25, -0.2) is 0 Å². The number of hydrogen-bond donors (Lipinski definition) is 1. The van der Waals surface area contributed by atoms with Crippen LogP contribution in [-0.4, -0.2) is 24.8 Å². The van der Waals surface area contributed by atoms with E-state index in [-0.39, 0.29) is 0 Å². The average molecular weight is 283 g/mol. The molecule has 2 rings (SSSR count). The van der Waals surface area contributed by atoms with Crippen molar-refractivity contribution in [3.63, 3.8) is 0 Å². The summed E-state index contributed by atoms with van der Waals surface area (Å²) in [5, 5.41) is 12.2. The van der Waals surface area contributed by atoms with E-state index in [0.29, 0.717) is 5.56 Å². The fourth-order valence-electron chi connectivity index (χ4n) is 2.24. The number of rotatable bonds is 7. The zero-order valence-corrected chi connectivity index (χ0v) is 12.6. The molecule has 21 heavy (non-hydrogen) atoms. The third kappa shape index (κ3) is 4.45. The summed E-state index contributed by atoms with van der Waals surface area (Å²) >= 11 is 0. The van der Waals surface area contributed by atoms with Gasteiger partial charge in [0.2, 0.25) is 0 Å². The van der Waals surface area contributed by atoms with Crippen molar-refractivity contribution >= 4 is 0 Å². The largest absolute Gasteiger partial charge is 0.383 e. The van der Waals surface area contributed by atoms with Crippen LogP contribution in [0.3, 0.4) is 0 Å². The molecule has 0 aliphatic heterocycles. The van der Waals surface area contributed by atoms with Gasteiger partial charge in [-0.2, -0.15) is 5.26 Å². The van der Waals surface area contributed by atoms with Crippen molar-refractivity contribution in [1.29, 1.82) is 5.26 Å². The number of hydrogen-bond acceptors (Lipinski definition) is 3. The summed E-state index contributed by atoms with van der Waals surface area (Å²) in [5.41, 5.74) is 4.37. The van der Waals surface area contributed by atoms with Crippen LogP contribution in [-0.2, 0) is 17.8 Å². The molecule has 0 fully saturated rings. The van der Waals surface area contributed by atoms with Crippen molar-refractivity contribution in [2.24, 2.45) is 0 Å². The van der Waals surface area contributed by atoms with Gasteiger partial charge < -0.3 is 14.6 Å². The molecule has 110 valence electrons. The monoisotopic (exact) mass is 283 g/mol. The van der Waals surface area contributed by atoms with Crippen LogP contribution in [0, 0.1) is 18.3 Å². The van der Waals surface area contributed by atoms with Crippen molar-refractivity contribution in [2.75, 3.05) is 20.3 Å². The third-order valence-electron chi connectivity index (χ3n) is 3.45. The quantitative estimate of drug-likeness (QED) is 0.794. The van der Waals surface area contributed by atoms with E-state index in [1.54, 1.807) is 7.11 Å². The predicted octanol–water partition coefficient (Wildman–Crippen LogP) is 2.45. The van der Waals surface area contributed by atoms with E-state index in [2.05, 4.69) is 34.4 Å². The molecule has 1 aromatic heterocycles. The summed E-state index contributed by atoms with van der Waals surface area (Å²) in [5.74, 6) is 0. The standard InChI is InChI=1S/C17H21N3O/c1-14-9-15(10-18)3-4-17(14)13-20-7-5-16(12-20)11-19-6-8-21-2/h3-5,7,9,12,19H,6,8,11,13H2,1-2H3. The first-order chi connectivity index (χ1) is 10.2. The van der Waals surface area contributed by atoms with E-state index in [0.717, 1.165) is 31.8 Å². The molecule has 4 nitrogen and oxygen atoms in total. The van der Waals surface area contributed by atoms with Crippen LogP contribution >= 0.6 is 0 Å².